The first-order valence-corrected chi connectivity index (χ1v) is 15.9. The lowest BCUT2D eigenvalue weighted by molar-refractivity contribution is -0.376. The quantitative estimate of drug-likeness (QED) is 0.100. The molecule has 20 atom stereocenters. The van der Waals surface area contributed by atoms with Gasteiger partial charge in [0.05, 0.1) is 31.5 Å². The third-order valence-corrected chi connectivity index (χ3v) is 9.85. The first kappa shape index (κ1) is 37.5. The van der Waals surface area contributed by atoms with Crippen LogP contribution in [0.4, 0.5) is 0 Å². The summed E-state index contributed by atoms with van der Waals surface area (Å²) in [5.41, 5.74) is -0.622. The van der Waals surface area contributed by atoms with E-state index in [1.54, 1.807) is 6.92 Å². The predicted octanol–water partition coefficient (Wildman–Crippen LogP) is -7.57. The Hall–Kier alpha value is -0.740. The molecule has 0 aromatic heterocycles. The number of thioether (sulfide) groups is 1. The fraction of sp³-hybridized carbons (Fsp3) is 0.962. The number of aliphatic imine (C=N–C) groups is 1. The molecule has 0 spiro atoms. The van der Waals surface area contributed by atoms with Crippen molar-refractivity contribution in [3.8, 4) is 0 Å². The molecule has 0 radical (unpaired) electrons. The van der Waals surface area contributed by atoms with Crippen LogP contribution in [0, 0.1) is 0 Å². The lowest BCUT2D eigenvalue weighted by Gasteiger charge is -2.48. The van der Waals surface area contributed by atoms with Crippen LogP contribution in [0.5, 0.6) is 0 Å². The Morgan fingerprint density at radius 3 is 1.66 bits per heavy atom. The maximum Gasteiger partial charge on any atom is 0.187 e. The van der Waals surface area contributed by atoms with Crippen molar-refractivity contribution in [2.75, 3.05) is 26.4 Å². The largest absolute Gasteiger partial charge is 0.394 e. The number of ether oxygens (including phenoxy) is 7. The fourth-order valence-electron chi connectivity index (χ4n) is 6.06. The van der Waals surface area contributed by atoms with Gasteiger partial charge in [-0.15, -0.1) is 0 Å². The average Bonchev–Trinajstić information content (AvgIpc) is 3.44. The first-order chi connectivity index (χ1) is 22.3. The summed E-state index contributed by atoms with van der Waals surface area (Å²) in [5, 5.41) is 125. The minimum Gasteiger partial charge on any atom is -0.394 e. The monoisotopic (exact) mass is 705 g/mol. The summed E-state index contributed by atoms with van der Waals surface area (Å²) in [6, 6.07) is -0.800. The van der Waals surface area contributed by atoms with Crippen molar-refractivity contribution >= 4 is 16.8 Å². The van der Waals surface area contributed by atoms with Gasteiger partial charge in [-0.1, -0.05) is 11.8 Å². The summed E-state index contributed by atoms with van der Waals surface area (Å²) in [7, 11) is 0. The molecule has 21 heteroatoms. The van der Waals surface area contributed by atoms with E-state index in [-0.39, 0.29) is 0 Å². The third-order valence-electron chi connectivity index (χ3n) is 8.78. The van der Waals surface area contributed by atoms with Crippen LogP contribution in [0.15, 0.2) is 4.99 Å². The predicted molar refractivity (Wildman–Crippen MR) is 150 cm³/mol. The first-order valence-electron chi connectivity index (χ1n) is 15.0. The van der Waals surface area contributed by atoms with E-state index < -0.39 is 148 Å². The van der Waals surface area contributed by atoms with E-state index in [9.17, 15) is 61.3 Å². The van der Waals surface area contributed by atoms with Crippen LogP contribution in [-0.2, 0) is 33.2 Å². The molecule has 0 aliphatic carbocycles. The molecular formula is C26H43NO19S. The summed E-state index contributed by atoms with van der Waals surface area (Å²) in [4.78, 5) is 4.34. The number of rotatable bonds is 10. The van der Waals surface area contributed by atoms with Gasteiger partial charge in [0.15, 0.2) is 18.9 Å². The van der Waals surface area contributed by atoms with Gasteiger partial charge in [0, 0.05) is 0 Å². The Morgan fingerprint density at radius 1 is 0.553 bits per heavy atom. The van der Waals surface area contributed by atoms with Gasteiger partial charge in [-0.2, -0.15) is 0 Å². The molecule has 4 saturated heterocycles. The van der Waals surface area contributed by atoms with E-state index in [2.05, 4.69) is 4.99 Å². The number of fused-ring (bicyclic) bond motifs is 1. The highest BCUT2D eigenvalue weighted by Gasteiger charge is 2.55. The molecule has 5 aliphatic heterocycles. The lowest BCUT2D eigenvalue weighted by atomic mass is 9.95. The van der Waals surface area contributed by atoms with Crippen LogP contribution in [-0.4, -0.2) is 215 Å². The van der Waals surface area contributed by atoms with E-state index in [0.29, 0.717) is 5.04 Å². The number of aliphatic hydroxyl groups excluding tert-OH is 12. The molecule has 0 unspecified atom stereocenters. The van der Waals surface area contributed by atoms with Crippen LogP contribution in [0.1, 0.15) is 6.92 Å². The average molecular weight is 706 g/mol. The third kappa shape index (κ3) is 7.50. The van der Waals surface area contributed by atoms with E-state index in [4.69, 9.17) is 33.2 Å². The van der Waals surface area contributed by atoms with E-state index in [1.807, 2.05) is 0 Å². The molecule has 0 saturated carbocycles. The molecule has 5 heterocycles. The number of hydrogen-bond donors (Lipinski definition) is 12. The molecular weight excluding hydrogens is 662 g/mol. The minimum atomic E-state index is -1.94. The Balaban J connectivity index is 1.37. The van der Waals surface area contributed by atoms with Crippen LogP contribution < -0.4 is 0 Å². The summed E-state index contributed by atoms with van der Waals surface area (Å²) in [6.45, 7) is -1.13. The van der Waals surface area contributed by atoms with E-state index in [0.717, 1.165) is 0 Å². The zero-order chi connectivity index (χ0) is 34.3. The van der Waals surface area contributed by atoms with Gasteiger partial charge in [-0.3, -0.25) is 4.99 Å². The van der Waals surface area contributed by atoms with Crippen molar-refractivity contribution in [3.05, 3.63) is 0 Å². The highest BCUT2D eigenvalue weighted by Crippen LogP contribution is 2.39. The molecule has 0 amide bonds. The van der Waals surface area contributed by atoms with Crippen molar-refractivity contribution < 1.29 is 94.4 Å². The van der Waals surface area contributed by atoms with Gasteiger partial charge in [-0.05, 0) is 6.92 Å². The zero-order valence-corrected chi connectivity index (χ0v) is 25.8. The SMILES string of the molecule is CC1=N[C@@H]2[C@@H](O)[C@H](O[C@@H]3O[C@H](CO[C@H]4O[C@H](CO)[C@@H](O)[C@H](O)[C@@H]4O)[C@@H](O)[C@H](O[C@@H]4O[C@H](CO)[C@@H](O)[C@H](O)[C@@H]4O)[C@@H]3O)[C@@H](CO)O[C@H]2S1. The maximum absolute atomic E-state index is 11.3. The molecule has 47 heavy (non-hydrogen) atoms. The molecule has 4 fully saturated rings. The fourth-order valence-corrected chi connectivity index (χ4v) is 7.14. The van der Waals surface area contributed by atoms with Gasteiger partial charge < -0.3 is 94.4 Å². The van der Waals surface area contributed by atoms with Crippen LogP contribution in [0.2, 0.25) is 0 Å². The highest BCUT2D eigenvalue weighted by atomic mass is 32.2. The van der Waals surface area contributed by atoms with E-state index in [1.165, 1.54) is 11.8 Å². The second kappa shape index (κ2) is 15.7. The van der Waals surface area contributed by atoms with Gasteiger partial charge in [0.2, 0.25) is 0 Å². The molecule has 12 N–H and O–H groups in total. The second-order valence-electron chi connectivity index (χ2n) is 11.9. The number of nitrogens with zero attached hydrogens (tertiary/aromatic N) is 1. The van der Waals surface area contributed by atoms with E-state index >= 15 is 0 Å². The number of hydrogen-bond acceptors (Lipinski definition) is 21. The standard InChI is InChI=1S/C26H43NO19S/c1-6-27-11-15(34)21(9(4-30)44-26(11)47-6)45-25-20(39)22(46-24-19(38)17(36)13(32)8(3-29)42-24)14(33)10(43-25)5-40-23-18(37)16(35)12(31)7(2-28)41-23/h7-26,28-39H,2-5H2,1H3/t7-,8-,9-,10-,11-,12-,13-,14-,15-,16+,17+,18+,19+,20+,21-,22+,23+,24+,25+,26+/m1/s1. The van der Waals surface area contributed by atoms with Crippen LogP contribution in [0.3, 0.4) is 0 Å². The van der Waals surface area contributed by atoms with Gasteiger partial charge in [0.1, 0.15) is 103 Å². The van der Waals surface area contributed by atoms with Gasteiger partial charge >= 0.3 is 0 Å². The summed E-state index contributed by atoms with van der Waals surface area (Å²) >= 11 is 1.24. The van der Waals surface area contributed by atoms with Crippen molar-refractivity contribution in [2.45, 2.75) is 129 Å². The highest BCUT2D eigenvalue weighted by molar-refractivity contribution is 8.14. The van der Waals surface area contributed by atoms with Crippen molar-refractivity contribution in [2.24, 2.45) is 4.99 Å². The lowest BCUT2D eigenvalue weighted by Crippen LogP contribution is -2.66. The second-order valence-corrected chi connectivity index (χ2v) is 13.2. The van der Waals surface area contributed by atoms with Crippen molar-refractivity contribution in [1.29, 1.82) is 0 Å². The smallest absolute Gasteiger partial charge is 0.187 e. The molecule has 272 valence electrons. The minimum absolute atomic E-state index is 0.617. The number of aliphatic hydroxyl groups is 12. The van der Waals surface area contributed by atoms with Crippen molar-refractivity contribution in [3.63, 3.8) is 0 Å². The Bertz CT molecular complexity index is 1060. The molecule has 0 aromatic rings. The van der Waals surface area contributed by atoms with Gasteiger partial charge in [0.25, 0.3) is 0 Å². The molecule has 20 nitrogen and oxygen atoms in total. The molecule has 0 aromatic carbocycles. The normalized spacial score (nSPS) is 52.2. The van der Waals surface area contributed by atoms with Crippen molar-refractivity contribution in [1.82, 2.24) is 0 Å². The molecule has 0 bridgehead atoms. The maximum atomic E-state index is 11.3. The topological polar surface area (TPSA) is 320 Å². The zero-order valence-electron chi connectivity index (χ0n) is 25.0. The molecule has 5 aliphatic rings. The summed E-state index contributed by atoms with van der Waals surface area (Å²) in [6.07, 6.45) is -29.7. The Labute approximate surface area is 271 Å². The Morgan fingerprint density at radius 2 is 1.06 bits per heavy atom. The Kier molecular flexibility index (Phi) is 12.5. The summed E-state index contributed by atoms with van der Waals surface area (Å²) < 4.78 is 39.5. The summed E-state index contributed by atoms with van der Waals surface area (Å²) in [5.74, 6) is 0. The van der Waals surface area contributed by atoms with Crippen LogP contribution >= 0.6 is 11.8 Å². The van der Waals surface area contributed by atoms with Crippen LogP contribution in [0.25, 0.3) is 0 Å². The molecule has 5 rings (SSSR count). The van der Waals surface area contributed by atoms with Gasteiger partial charge in [-0.25, -0.2) is 0 Å².